The molecular weight excluding hydrogens is 238 g/mol. The van der Waals surface area contributed by atoms with Gasteiger partial charge in [-0.2, -0.15) is 0 Å². The molecule has 1 N–H and O–H groups in total. The van der Waals surface area contributed by atoms with Crippen molar-refractivity contribution in [2.75, 3.05) is 6.61 Å². The molecule has 1 aromatic heterocycles. The molecule has 1 heterocycles. The Morgan fingerprint density at radius 1 is 1.32 bits per heavy atom. The predicted octanol–water partition coefficient (Wildman–Crippen LogP) is 2.31. The van der Waals surface area contributed by atoms with Gasteiger partial charge in [-0.25, -0.2) is 0 Å². The molecule has 96 valence electrons. The second-order valence-electron chi connectivity index (χ2n) is 4.09. The number of rotatable bonds is 3. The molecule has 3 heteroatoms. The molecule has 0 atom stereocenters. The van der Waals surface area contributed by atoms with Crippen molar-refractivity contribution in [3.63, 3.8) is 0 Å². The van der Waals surface area contributed by atoms with Crippen molar-refractivity contribution in [3.05, 3.63) is 59.4 Å². The minimum atomic E-state index is -0.126. The van der Waals surface area contributed by atoms with E-state index in [0.29, 0.717) is 6.61 Å². The second-order valence-corrected chi connectivity index (χ2v) is 4.09. The normalized spacial score (nSPS) is 9.58. The van der Waals surface area contributed by atoms with Crippen LogP contribution in [-0.4, -0.2) is 16.7 Å². The number of benzene rings is 1. The Labute approximate surface area is 112 Å². The second kappa shape index (κ2) is 6.58. The van der Waals surface area contributed by atoms with E-state index in [0.717, 1.165) is 22.4 Å². The number of ether oxygens (including phenoxy) is 1. The van der Waals surface area contributed by atoms with Gasteiger partial charge in [0.25, 0.3) is 0 Å². The van der Waals surface area contributed by atoms with Gasteiger partial charge in [-0.05, 0) is 36.8 Å². The van der Waals surface area contributed by atoms with Crippen molar-refractivity contribution in [2.45, 2.75) is 13.5 Å². The Bertz CT molecular complexity index is 597. The van der Waals surface area contributed by atoms with Crippen molar-refractivity contribution in [1.29, 1.82) is 0 Å². The van der Waals surface area contributed by atoms with Gasteiger partial charge >= 0.3 is 0 Å². The summed E-state index contributed by atoms with van der Waals surface area (Å²) >= 11 is 0. The highest BCUT2D eigenvalue weighted by Crippen LogP contribution is 2.17. The number of aliphatic hydroxyl groups excluding tert-OH is 1. The number of aromatic nitrogens is 1. The third-order valence-electron chi connectivity index (χ3n) is 2.63. The van der Waals surface area contributed by atoms with E-state index in [4.69, 9.17) is 9.84 Å². The number of aliphatic hydroxyl groups is 1. The van der Waals surface area contributed by atoms with Gasteiger partial charge in [-0.15, -0.1) is 0 Å². The Kier molecular flexibility index (Phi) is 4.54. The van der Waals surface area contributed by atoms with Crippen molar-refractivity contribution < 1.29 is 9.84 Å². The quantitative estimate of drug-likeness (QED) is 0.854. The summed E-state index contributed by atoms with van der Waals surface area (Å²) in [7, 11) is 0. The van der Waals surface area contributed by atoms with Gasteiger partial charge in [0.1, 0.15) is 19.0 Å². The molecule has 2 aromatic rings. The molecule has 2 rings (SSSR count). The van der Waals surface area contributed by atoms with Crippen LogP contribution in [0, 0.1) is 18.8 Å². The average molecular weight is 253 g/mol. The van der Waals surface area contributed by atoms with Gasteiger partial charge in [-0.3, -0.25) is 4.98 Å². The summed E-state index contributed by atoms with van der Waals surface area (Å²) in [4.78, 5) is 4.04. The van der Waals surface area contributed by atoms with E-state index in [2.05, 4.69) is 16.8 Å². The molecule has 3 nitrogen and oxygen atoms in total. The third-order valence-corrected chi connectivity index (χ3v) is 2.63. The summed E-state index contributed by atoms with van der Waals surface area (Å²) in [5.41, 5.74) is 2.97. The molecule has 0 saturated heterocycles. The van der Waals surface area contributed by atoms with Crippen LogP contribution in [0.25, 0.3) is 0 Å². The van der Waals surface area contributed by atoms with Crippen molar-refractivity contribution in [3.8, 4) is 17.6 Å². The molecule has 0 bridgehead atoms. The Balaban J connectivity index is 2.04. The van der Waals surface area contributed by atoms with Crippen LogP contribution in [0.5, 0.6) is 5.75 Å². The first-order valence-corrected chi connectivity index (χ1v) is 6.01. The Hall–Kier alpha value is -2.31. The van der Waals surface area contributed by atoms with Crippen molar-refractivity contribution in [2.24, 2.45) is 0 Å². The predicted molar refractivity (Wildman–Crippen MR) is 73.7 cm³/mol. The molecule has 0 amide bonds. The molecule has 0 fully saturated rings. The third kappa shape index (κ3) is 3.84. The minimum absolute atomic E-state index is 0.126. The monoisotopic (exact) mass is 253 g/mol. The first kappa shape index (κ1) is 13.1. The van der Waals surface area contributed by atoms with Gasteiger partial charge in [-0.1, -0.05) is 17.9 Å². The maximum atomic E-state index is 8.68. The summed E-state index contributed by atoms with van der Waals surface area (Å²) in [5.74, 6) is 6.34. The lowest BCUT2D eigenvalue weighted by molar-refractivity contribution is 0.305. The molecule has 0 spiro atoms. The van der Waals surface area contributed by atoms with E-state index >= 15 is 0 Å². The Morgan fingerprint density at radius 2 is 2.21 bits per heavy atom. The SMILES string of the molecule is Cc1cc(OCc2cccnc2)ccc1C#CCO. The Morgan fingerprint density at radius 3 is 2.89 bits per heavy atom. The fraction of sp³-hybridized carbons (Fsp3) is 0.188. The van der Waals surface area contributed by atoms with Crippen LogP contribution in [0.1, 0.15) is 16.7 Å². The van der Waals surface area contributed by atoms with Crippen molar-refractivity contribution in [1.82, 2.24) is 4.98 Å². The molecular formula is C16H15NO2. The first-order valence-electron chi connectivity index (χ1n) is 6.01. The first-order chi connectivity index (χ1) is 9.29. The van der Waals surface area contributed by atoms with E-state index in [-0.39, 0.29) is 6.61 Å². The zero-order valence-electron chi connectivity index (χ0n) is 10.8. The van der Waals surface area contributed by atoms with Crippen LogP contribution in [0.3, 0.4) is 0 Å². The number of hydrogen-bond donors (Lipinski definition) is 1. The maximum absolute atomic E-state index is 8.68. The lowest BCUT2D eigenvalue weighted by Crippen LogP contribution is -1.96. The highest BCUT2D eigenvalue weighted by Gasteiger charge is 1.99. The zero-order chi connectivity index (χ0) is 13.5. The fourth-order valence-electron chi connectivity index (χ4n) is 1.65. The molecule has 0 unspecified atom stereocenters. The number of aryl methyl sites for hydroxylation is 1. The number of nitrogens with zero attached hydrogens (tertiary/aromatic N) is 1. The molecule has 0 radical (unpaired) electrons. The van der Waals surface area contributed by atoms with Gasteiger partial charge in [0, 0.05) is 23.5 Å². The molecule has 0 aliphatic heterocycles. The minimum Gasteiger partial charge on any atom is -0.489 e. The van der Waals surface area contributed by atoms with E-state index in [1.54, 1.807) is 12.4 Å². The van der Waals surface area contributed by atoms with Crippen molar-refractivity contribution >= 4 is 0 Å². The summed E-state index contributed by atoms with van der Waals surface area (Å²) in [6.07, 6.45) is 3.52. The molecule has 0 saturated carbocycles. The lowest BCUT2D eigenvalue weighted by atomic mass is 10.1. The van der Waals surface area contributed by atoms with E-state index in [1.165, 1.54) is 0 Å². The summed E-state index contributed by atoms with van der Waals surface area (Å²) in [5, 5.41) is 8.68. The average Bonchev–Trinajstić information content (AvgIpc) is 2.45. The van der Waals surface area contributed by atoms with Gasteiger partial charge in [0.15, 0.2) is 0 Å². The molecule has 0 aliphatic carbocycles. The number of pyridine rings is 1. The topological polar surface area (TPSA) is 42.4 Å². The smallest absolute Gasteiger partial charge is 0.120 e. The van der Waals surface area contributed by atoms with Crippen LogP contribution in [0.2, 0.25) is 0 Å². The van der Waals surface area contributed by atoms with Gasteiger partial charge in [0.2, 0.25) is 0 Å². The standard InChI is InChI=1S/C16H15NO2/c1-13-10-16(7-6-15(13)5-3-9-18)19-12-14-4-2-8-17-11-14/h2,4,6-8,10-11,18H,9,12H2,1H3. The molecule has 19 heavy (non-hydrogen) atoms. The summed E-state index contributed by atoms with van der Waals surface area (Å²) in [6, 6.07) is 9.58. The van der Waals surface area contributed by atoms with E-state index in [9.17, 15) is 0 Å². The van der Waals surface area contributed by atoms with Crippen LogP contribution >= 0.6 is 0 Å². The molecule has 0 aliphatic rings. The maximum Gasteiger partial charge on any atom is 0.120 e. The van der Waals surface area contributed by atoms with Crippen LogP contribution in [0.4, 0.5) is 0 Å². The largest absolute Gasteiger partial charge is 0.489 e. The highest BCUT2D eigenvalue weighted by atomic mass is 16.5. The highest BCUT2D eigenvalue weighted by molar-refractivity contribution is 5.44. The van der Waals surface area contributed by atoms with Crippen LogP contribution in [-0.2, 0) is 6.61 Å². The summed E-state index contributed by atoms with van der Waals surface area (Å²) < 4.78 is 5.69. The van der Waals surface area contributed by atoms with E-state index in [1.807, 2.05) is 37.3 Å². The van der Waals surface area contributed by atoms with E-state index < -0.39 is 0 Å². The summed E-state index contributed by atoms with van der Waals surface area (Å²) in [6.45, 7) is 2.34. The van der Waals surface area contributed by atoms with Gasteiger partial charge < -0.3 is 9.84 Å². The lowest BCUT2D eigenvalue weighted by Gasteiger charge is -2.07. The van der Waals surface area contributed by atoms with Crippen LogP contribution < -0.4 is 4.74 Å². The van der Waals surface area contributed by atoms with Gasteiger partial charge in [0.05, 0.1) is 0 Å². The van der Waals surface area contributed by atoms with Crippen LogP contribution in [0.15, 0.2) is 42.7 Å². The fourth-order valence-corrected chi connectivity index (χ4v) is 1.65. The molecule has 1 aromatic carbocycles. The number of hydrogen-bond acceptors (Lipinski definition) is 3. The zero-order valence-corrected chi connectivity index (χ0v) is 10.8.